The van der Waals surface area contributed by atoms with E-state index < -0.39 is 0 Å². The fraction of sp³-hybridized carbons (Fsp3) is 0.0625. The molecule has 3 nitrogen and oxygen atoms in total. The molecule has 112 valence electrons. The van der Waals surface area contributed by atoms with Crippen molar-refractivity contribution < 1.29 is 14.0 Å². The van der Waals surface area contributed by atoms with Gasteiger partial charge in [-0.05, 0) is 42.5 Å². The molecule has 6 heteroatoms. The fourth-order valence-electron chi connectivity index (χ4n) is 2.15. The van der Waals surface area contributed by atoms with Gasteiger partial charge in [-0.2, -0.15) is 0 Å². The van der Waals surface area contributed by atoms with Gasteiger partial charge in [0.15, 0.2) is 5.76 Å². The Bertz CT molecular complexity index is 816. The van der Waals surface area contributed by atoms with Crippen LogP contribution < -0.4 is 0 Å². The summed E-state index contributed by atoms with van der Waals surface area (Å²) in [6.07, 6.45) is 0. The molecule has 1 heterocycles. The highest BCUT2D eigenvalue weighted by Crippen LogP contribution is 2.35. The third kappa shape index (κ3) is 2.73. The molecule has 2 aromatic carbocycles. The lowest BCUT2D eigenvalue weighted by Gasteiger charge is -2.03. The van der Waals surface area contributed by atoms with E-state index >= 15 is 0 Å². The van der Waals surface area contributed by atoms with Crippen molar-refractivity contribution in [3.05, 3.63) is 63.9 Å². The maximum atomic E-state index is 13.0. The smallest absolute Gasteiger partial charge is 0.173 e. The number of hydrogen-bond acceptors (Lipinski definition) is 3. The second-order valence-corrected chi connectivity index (χ2v) is 5.45. The van der Waals surface area contributed by atoms with Crippen LogP contribution in [0.5, 0.6) is 0 Å². The third-order valence-corrected chi connectivity index (χ3v) is 3.98. The molecular formula is C16H10Cl2FNO2. The van der Waals surface area contributed by atoms with Gasteiger partial charge < -0.3 is 9.63 Å². The Balaban J connectivity index is 2.10. The molecule has 0 bridgehead atoms. The van der Waals surface area contributed by atoms with Crippen LogP contribution in [-0.2, 0) is 6.61 Å². The summed E-state index contributed by atoms with van der Waals surface area (Å²) in [6.45, 7) is -0.272. The molecule has 22 heavy (non-hydrogen) atoms. The minimum Gasteiger partial charge on any atom is -0.391 e. The topological polar surface area (TPSA) is 46.3 Å². The Labute approximate surface area is 135 Å². The summed E-state index contributed by atoms with van der Waals surface area (Å²) in [5.74, 6) is 0.0582. The Kier molecular flexibility index (Phi) is 4.16. The van der Waals surface area contributed by atoms with Crippen LogP contribution in [-0.4, -0.2) is 10.3 Å². The van der Waals surface area contributed by atoms with E-state index in [1.165, 1.54) is 12.1 Å². The molecule has 0 saturated heterocycles. The van der Waals surface area contributed by atoms with Crippen molar-refractivity contribution in [1.29, 1.82) is 0 Å². The summed E-state index contributed by atoms with van der Waals surface area (Å²) in [4.78, 5) is 0. The van der Waals surface area contributed by atoms with Gasteiger partial charge in [0.2, 0.25) is 0 Å². The molecule has 1 aromatic heterocycles. The monoisotopic (exact) mass is 337 g/mol. The number of aromatic nitrogens is 1. The Morgan fingerprint density at radius 2 is 1.68 bits per heavy atom. The SMILES string of the molecule is OCc1c(-c2ccc(F)cc2)noc1-c1ccc(Cl)c(Cl)c1. The molecular weight excluding hydrogens is 328 g/mol. The highest BCUT2D eigenvalue weighted by molar-refractivity contribution is 6.42. The van der Waals surface area contributed by atoms with E-state index in [1.807, 2.05) is 0 Å². The zero-order chi connectivity index (χ0) is 15.7. The normalized spacial score (nSPS) is 10.9. The number of halogens is 3. The lowest BCUT2D eigenvalue weighted by atomic mass is 10.0. The number of aliphatic hydroxyl groups is 1. The summed E-state index contributed by atoms with van der Waals surface area (Å²) in [7, 11) is 0. The average Bonchev–Trinajstić information content (AvgIpc) is 2.94. The first-order chi connectivity index (χ1) is 10.6. The number of benzene rings is 2. The van der Waals surface area contributed by atoms with Crippen LogP contribution in [0, 0.1) is 5.82 Å². The average molecular weight is 338 g/mol. The molecule has 1 N–H and O–H groups in total. The Morgan fingerprint density at radius 1 is 1.00 bits per heavy atom. The van der Waals surface area contributed by atoms with Crippen LogP contribution in [0.15, 0.2) is 47.0 Å². The van der Waals surface area contributed by atoms with E-state index in [9.17, 15) is 9.50 Å². The van der Waals surface area contributed by atoms with Crippen LogP contribution >= 0.6 is 23.2 Å². The van der Waals surface area contributed by atoms with Crippen LogP contribution in [0.4, 0.5) is 4.39 Å². The molecule has 0 aliphatic carbocycles. The Hall–Kier alpha value is -1.88. The Morgan fingerprint density at radius 3 is 2.32 bits per heavy atom. The van der Waals surface area contributed by atoms with Gasteiger partial charge in [0, 0.05) is 11.1 Å². The minimum atomic E-state index is -0.345. The summed E-state index contributed by atoms with van der Waals surface area (Å²) in [5, 5.41) is 14.4. The summed E-state index contributed by atoms with van der Waals surface area (Å²) in [6, 6.07) is 10.8. The van der Waals surface area contributed by atoms with Gasteiger partial charge in [-0.25, -0.2) is 4.39 Å². The van der Waals surface area contributed by atoms with Crippen LogP contribution in [0.25, 0.3) is 22.6 Å². The quantitative estimate of drug-likeness (QED) is 0.735. The predicted octanol–water partition coefficient (Wildman–Crippen LogP) is 4.95. The second-order valence-electron chi connectivity index (χ2n) is 4.63. The van der Waals surface area contributed by atoms with Crippen molar-refractivity contribution in [3.63, 3.8) is 0 Å². The molecule has 0 amide bonds. The molecule has 3 rings (SSSR count). The van der Waals surface area contributed by atoms with Gasteiger partial charge in [-0.15, -0.1) is 0 Å². The summed E-state index contributed by atoms with van der Waals surface area (Å²) < 4.78 is 18.4. The lowest BCUT2D eigenvalue weighted by molar-refractivity contribution is 0.281. The number of hydrogen-bond donors (Lipinski definition) is 1. The first kappa shape index (κ1) is 15.0. The predicted molar refractivity (Wildman–Crippen MR) is 83.3 cm³/mol. The zero-order valence-electron chi connectivity index (χ0n) is 11.2. The molecule has 0 aliphatic rings. The van der Waals surface area contributed by atoms with E-state index in [4.69, 9.17) is 27.7 Å². The number of aliphatic hydroxyl groups excluding tert-OH is 1. The van der Waals surface area contributed by atoms with Gasteiger partial charge in [0.1, 0.15) is 11.5 Å². The summed E-state index contributed by atoms with van der Waals surface area (Å²) in [5.41, 5.74) is 2.27. The number of rotatable bonds is 3. The molecule has 3 aromatic rings. The van der Waals surface area contributed by atoms with E-state index in [0.717, 1.165) is 0 Å². The highest BCUT2D eigenvalue weighted by atomic mass is 35.5. The zero-order valence-corrected chi connectivity index (χ0v) is 12.7. The number of nitrogens with zero attached hydrogens (tertiary/aromatic N) is 1. The maximum Gasteiger partial charge on any atom is 0.173 e. The lowest BCUT2D eigenvalue weighted by Crippen LogP contribution is -1.89. The van der Waals surface area contributed by atoms with E-state index in [-0.39, 0.29) is 12.4 Å². The molecule has 0 atom stereocenters. The van der Waals surface area contributed by atoms with Gasteiger partial charge in [0.05, 0.1) is 22.2 Å². The van der Waals surface area contributed by atoms with Crippen molar-refractivity contribution >= 4 is 23.2 Å². The standard InChI is InChI=1S/C16H10Cl2FNO2/c17-13-6-3-10(7-14(13)18)16-12(8-21)15(20-22-16)9-1-4-11(19)5-2-9/h1-7,21H,8H2. The van der Waals surface area contributed by atoms with E-state index in [0.29, 0.717) is 38.2 Å². The molecule has 0 aliphatic heterocycles. The fourth-order valence-corrected chi connectivity index (χ4v) is 2.45. The largest absolute Gasteiger partial charge is 0.391 e. The van der Waals surface area contributed by atoms with Gasteiger partial charge >= 0.3 is 0 Å². The van der Waals surface area contributed by atoms with Crippen LogP contribution in [0.2, 0.25) is 10.0 Å². The molecule has 0 radical (unpaired) electrons. The van der Waals surface area contributed by atoms with Crippen molar-refractivity contribution in [2.24, 2.45) is 0 Å². The van der Waals surface area contributed by atoms with Gasteiger partial charge in [0.25, 0.3) is 0 Å². The van der Waals surface area contributed by atoms with E-state index in [2.05, 4.69) is 5.16 Å². The molecule has 0 saturated carbocycles. The van der Waals surface area contributed by atoms with Gasteiger partial charge in [-0.1, -0.05) is 28.4 Å². The second kappa shape index (κ2) is 6.08. The molecule has 0 spiro atoms. The van der Waals surface area contributed by atoms with Crippen molar-refractivity contribution in [2.45, 2.75) is 6.61 Å². The van der Waals surface area contributed by atoms with Crippen molar-refractivity contribution in [2.75, 3.05) is 0 Å². The first-order valence-electron chi connectivity index (χ1n) is 6.41. The molecule has 0 unspecified atom stereocenters. The minimum absolute atomic E-state index is 0.272. The van der Waals surface area contributed by atoms with Crippen molar-refractivity contribution in [1.82, 2.24) is 5.16 Å². The maximum absolute atomic E-state index is 13.0. The highest BCUT2D eigenvalue weighted by Gasteiger charge is 2.19. The summed E-state index contributed by atoms with van der Waals surface area (Å²) >= 11 is 11.9. The van der Waals surface area contributed by atoms with Crippen LogP contribution in [0.3, 0.4) is 0 Å². The van der Waals surface area contributed by atoms with Gasteiger partial charge in [-0.3, -0.25) is 0 Å². The van der Waals surface area contributed by atoms with E-state index in [1.54, 1.807) is 30.3 Å². The van der Waals surface area contributed by atoms with Crippen molar-refractivity contribution in [3.8, 4) is 22.6 Å². The van der Waals surface area contributed by atoms with Crippen LogP contribution in [0.1, 0.15) is 5.56 Å². The third-order valence-electron chi connectivity index (χ3n) is 3.25. The first-order valence-corrected chi connectivity index (χ1v) is 7.16. The molecule has 0 fully saturated rings.